The number of anilines is 1. The van der Waals surface area contributed by atoms with Gasteiger partial charge in [-0.3, -0.25) is 0 Å². The summed E-state index contributed by atoms with van der Waals surface area (Å²) in [7, 11) is 0. The zero-order valence-electron chi connectivity index (χ0n) is 10.2. The molecular formula is C14H16N4. The van der Waals surface area contributed by atoms with E-state index in [9.17, 15) is 0 Å². The van der Waals surface area contributed by atoms with Crippen LogP contribution < -0.4 is 5.32 Å². The number of hydrogen-bond acceptors (Lipinski definition) is 3. The lowest BCUT2D eigenvalue weighted by molar-refractivity contribution is 0.661. The fraction of sp³-hybridized carbons (Fsp3) is 0.286. The number of aromatic nitrogens is 2. The fourth-order valence-corrected chi connectivity index (χ4v) is 1.75. The Morgan fingerprint density at radius 2 is 2.11 bits per heavy atom. The SMILES string of the molecule is N#CCc1ccc(NCCCn2ccnc2)cc1. The molecule has 0 saturated carbocycles. The second-order valence-corrected chi connectivity index (χ2v) is 4.11. The molecule has 1 heterocycles. The van der Waals surface area contributed by atoms with Crippen molar-refractivity contribution in [1.29, 1.82) is 5.26 Å². The van der Waals surface area contributed by atoms with Crippen molar-refractivity contribution < 1.29 is 0 Å². The van der Waals surface area contributed by atoms with Crippen LogP contribution in [0.4, 0.5) is 5.69 Å². The van der Waals surface area contributed by atoms with E-state index in [0.717, 1.165) is 30.8 Å². The first-order valence-corrected chi connectivity index (χ1v) is 6.04. The molecule has 0 fully saturated rings. The van der Waals surface area contributed by atoms with Gasteiger partial charge in [-0.2, -0.15) is 5.26 Å². The summed E-state index contributed by atoms with van der Waals surface area (Å²) in [4.78, 5) is 4.00. The number of nitrogens with zero attached hydrogens (tertiary/aromatic N) is 3. The summed E-state index contributed by atoms with van der Waals surface area (Å²) in [6.45, 7) is 1.90. The second kappa shape index (κ2) is 6.45. The van der Waals surface area contributed by atoms with E-state index in [2.05, 4.69) is 20.9 Å². The molecule has 92 valence electrons. The number of nitriles is 1. The molecule has 4 heteroatoms. The molecule has 0 amide bonds. The van der Waals surface area contributed by atoms with Gasteiger partial charge in [-0.25, -0.2) is 4.98 Å². The van der Waals surface area contributed by atoms with Crippen molar-refractivity contribution in [3.05, 3.63) is 48.5 Å². The second-order valence-electron chi connectivity index (χ2n) is 4.11. The lowest BCUT2D eigenvalue weighted by Gasteiger charge is -2.07. The molecule has 1 aromatic heterocycles. The Hall–Kier alpha value is -2.28. The van der Waals surface area contributed by atoms with Crippen LogP contribution in [0, 0.1) is 11.3 Å². The fourth-order valence-electron chi connectivity index (χ4n) is 1.75. The minimum Gasteiger partial charge on any atom is -0.385 e. The third-order valence-corrected chi connectivity index (χ3v) is 2.72. The summed E-state index contributed by atoms with van der Waals surface area (Å²) in [5.74, 6) is 0. The predicted molar refractivity (Wildman–Crippen MR) is 71.1 cm³/mol. The van der Waals surface area contributed by atoms with Gasteiger partial charge in [-0.15, -0.1) is 0 Å². The van der Waals surface area contributed by atoms with Crippen LogP contribution in [0.1, 0.15) is 12.0 Å². The highest BCUT2D eigenvalue weighted by molar-refractivity contribution is 5.44. The van der Waals surface area contributed by atoms with Gasteiger partial charge in [0.1, 0.15) is 0 Å². The van der Waals surface area contributed by atoms with Crippen molar-refractivity contribution >= 4 is 5.69 Å². The van der Waals surface area contributed by atoms with E-state index in [-0.39, 0.29) is 0 Å². The molecule has 18 heavy (non-hydrogen) atoms. The summed E-state index contributed by atoms with van der Waals surface area (Å²) in [6, 6.07) is 10.2. The lowest BCUT2D eigenvalue weighted by atomic mass is 10.1. The smallest absolute Gasteiger partial charge is 0.0945 e. The molecule has 4 nitrogen and oxygen atoms in total. The van der Waals surface area contributed by atoms with Gasteiger partial charge >= 0.3 is 0 Å². The highest BCUT2D eigenvalue weighted by Gasteiger charge is 1.94. The zero-order chi connectivity index (χ0) is 12.6. The summed E-state index contributed by atoms with van der Waals surface area (Å²) in [5.41, 5.74) is 2.16. The number of benzene rings is 1. The van der Waals surface area contributed by atoms with E-state index < -0.39 is 0 Å². The van der Waals surface area contributed by atoms with Crippen molar-refractivity contribution in [2.75, 3.05) is 11.9 Å². The molecular weight excluding hydrogens is 224 g/mol. The minimum absolute atomic E-state index is 0.473. The topological polar surface area (TPSA) is 53.6 Å². The molecule has 2 aromatic rings. The van der Waals surface area contributed by atoms with Crippen LogP contribution in [0.5, 0.6) is 0 Å². The highest BCUT2D eigenvalue weighted by atomic mass is 15.0. The molecule has 0 saturated heterocycles. The van der Waals surface area contributed by atoms with E-state index in [1.165, 1.54) is 0 Å². The predicted octanol–water partition coefficient (Wildman–Crippen LogP) is 2.45. The number of rotatable bonds is 6. The number of aryl methyl sites for hydroxylation is 1. The van der Waals surface area contributed by atoms with Crippen LogP contribution in [0.3, 0.4) is 0 Å². The summed E-state index contributed by atoms with van der Waals surface area (Å²) in [5, 5.41) is 11.9. The standard InChI is InChI=1S/C14H16N4/c15-7-6-13-2-4-14(5-3-13)17-8-1-10-18-11-9-16-12-18/h2-5,9,11-12,17H,1,6,8,10H2. The average molecular weight is 240 g/mol. The Labute approximate surface area is 107 Å². The summed E-state index contributed by atoms with van der Waals surface area (Å²) in [6.07, 6.45) is 7.12. The molecule has 1 aromatic carbocycles. The Bertz CT molecular complexity index is 494. The van der Waals surface area contributed by atoms with Gasteiger partial charge in [0, 0.05) is 31.2 Å². The molecule has 1 N–H and O–H groups in total. The maximum absolute atomic E-state index is 8.58. The monoisotopic (exact) mass is 240 g/mol. The third kappa shape index (κ3) is 3.63. The summed E-state index contributed by atoms with van der Waals surface area (Å²) < 4.78 is 2.07. The van der Waals surface area contributed by atoms with Crippen LogP contribution in [0.15, 0.2) is 43.0 Å². The van der Waals surface area contributed by atoms with Crippen LogP contribution in [0.25, 0.3) is 0 Å². The van der Waals surface area contributed by atoms with Crippen molar-refractivity contribution in [1.82, 2.24) is 9.55 Å². The van der Waals surface area contributed by atoms with E-state index >= 15 is 0 Å². The number of nitrogens with one attached hydrogen (secondary N) is 1. The van der Waals surface area contributed by atoms with Crippen LogP contribution in [-0.2, 0) is 13.0 Å². The van der Waals surface area contributed by atoms with Crippen molar-refractivity contribution in [3.8, 4) is 6.07 Å². The van der Waals surface area contributed by atoms with E-state index in [1.54, 1.807) is 6.20 Å². The van der Waals surface area contributed by atoms with Crippen molar-refractivity contribution in [2.45, 2.75) is 19.4 Å². The largest absolute Gasteiger partial charge is 0.385 e. The maximum atomic E-state index is 8.58. The van der Waals surface area contributed by atoms with Crippen molar-refractivity contribution in [2.24, 2.45) is 0 Å². The van der Waals surface area contributed by atoms with Crippen LogP contribution in [-0.4, -0.2) is 16.1 Å². The Balaban J connectivity index is 1.71. The van der Waals surface area contributed by atoms with E-state index in [1.807, 2.05) is 36.8 Å². The molecule has 0 aliphatic heterocycles. The Morgan fingerprint density at radius 3 is 2.78 bits per heavy atom. The minimum atomic E-state index is 0.473. The Kier molecular flexibility index (Phi) is 4.37. The highest BCUT2D eigenvalue weighted by Crippen LogP contribution is 2.09. The first-order valence-electron chi connectivity index (χ1n) is 6.04. The quantitative estimate of drug-likeness (QED) is 0.789. The molecule has 0 bridgehead atoms. The van der Waals surface area contributed by atoms with E-state index in [0.29, 0.717) is 6.42 Å². The number of imidazole rings is 1. The van der Waals surface area contributed by atoms with Gasteiger partial charge in [0.2, 0.25) is 0 Å². The van der Waals surface area contributed by atoms with Gasteiger partial charge in [0.05, 0.1) is 18.8 Å². The third-order valence-electron chi connectivity index (χ3n) is 2.72. The summed E-state index contributed by atoms with van der Waals surface area (Å²) >= 11 is 0. The molecule has 0 radical (unpaired) electrons. The average Bonchev–Trinajstić information content (AvgIpc) is 2.90. The lowest BCUT2D eigenvalue weighted by Crippen LogP contribution is -2.05. The molecule has 0 aliphatic carbocycles. The first-order chi connectivity index (χ1) is 8.88. The van der Waals surface area contributed by atoms with Gasteiger partial charge in [0.15, 0.2) is 0 Å². The molecule has 0 atom stereocenters. The van der Waals surface area contributed by atoms with Crippen LogP contribution in [0.2, 0.25) is 0 Å². The van der Waals surface area contributed by atoms with Crippen molar-refractivity contribution in [3.63, 3.8) is 0 Å². The van der Waals surface area contributed by atoms with Gasteiger partial charge in [-0.05, 0) is 24.1 Å². The van der Waals surface area contributed by atoms with Gasteiger partial charge in [-0.1, -0.05) is 12.1 Å². The molecule has 0 spiro atoms. The van der Waals surface area contributed by atoms with Gasteiger partial charge < -0.3 is 9.88 Å². The molecule has 0 unspecified atom stereocenters. The number of hydrogen-bond donors (Lipinski definition) is 1. The van der Waals surface area contributed by atoms with Crippen LogP contribution >= 0.6 is 0 Å². The Morgan fingerprint density at radius 1 is 1.28 bits per heavy atom. The van der Waals surface area contributed by atoms with Gasteiger partial charge in [0.25, 0.3) is 0 Å². The normalized spacial score (nSPS) is 9.94. The molecule has 0 aliphatic rings. The first kappa shape index (κ1) is 12.2. The molecule has 2 rings (SSSR count). The van der Waals surface area contributed by atoms with E-state index in [4.69, 9.17) is 5.26 Å². The zero-order valence-corrected chi connectivity index (χ0v) is 10.2. The maximum Gasteiger partial charge on any atom is 0.0945 e.